The quantitative estimate of drug-likeness (QED) is 0.797. The monoisotopic (exact) mass is 220 g/mol. The summed E-state index contributed by atoms with van der Waals surface area (Å²) in [6.45, 7) is 6.25. The van der Waals surface area contributed by atoms with Crippen LogP contribution in [0.2, 0.25) is 0 Å². The Bertz CT molecular complexity index is 309. The van der Waals surface area contributed by atoms with Crippen molar-refractivity contribution in [3.8, 4) is 0 Å². The summed E-state index contributed by atoms with van der Waals surface area (Å²) in [6.07, 6.45) is 2.29. The summed E-state index contributed by atoms with van der Waals surface area (Å²) in [6, 6.07) is 9.12. The van der Waals surface area contributed by atoms with Crippen molar-refractivity contribution in [3.05, 3.63) is 35.4 Å². The highest BCUT2D eigenvalue weighted by Gasteiger charge is 2.07. The van der Waals surface area contributed by atoms with E-state index in [4.69, 9.17) is 5.73 Å². The summed E-state index contributed by atoms with van der Waals surface area (Å²) in [7, 11) is 2.19. The van der Waals surface area contributed by atoms with Crippen LogP contribution in [0.15, 0.2) is 24.3 Å². The van der Waals surface area contributed by atoms with Gasteiger partial charge in [0, 0.05) is 19.1 Å². The molecule has 0 aliphatic carbocycles. The summed E-state index contributed by atoms with van der Waals surface area (Å²) in [5.74, 6) is 0. The van der Waals surface area contributed by atoms with Crippen LogP contribution in [-0.2, 0) is 13.0 Å². The van der Waals surface area contributed by atoms with Gasteiger partial charge in [-0.2, -0.15) is 0 Å². The molecular weight excluding hydrogens is 196 g/mol. The van der Waals surface area contributed by atoms with Gasteiger partial charge in [0.25, 0.3) is 0 Å². The second kappa shape index (κ2) is 6.66. The van der Waals surface area contributed by atoms with E-state index in [0.717, 1.165) is 13.0 Å². The number of nitrogens with two attached hydrogens (primary N) is 1. The van der Waals surface area contributed by atoms with Gasteiger partial charge in [-0.15, -0.1) is 0 Å². The minimum absolute atomic E-state index is 0.642. The normalized spacial score (nSPS) is 13.1. The van der Waals surface area contributed by atoms with E-state index < -0.39 is 0 Å². The zero-order chi connectivity index (χ0) is 12.0. The molecule has 0 radical (unpaired) electrons. The lowest BCUT2D eigenvalue weighted by atomic mass is 10.0. The van der Waals surface area contributed by atoms with Gasteiger partial charge in [-0.3, -0.25) is 0 Å². The van der Waals surface area contributed by atoms with Crippen molar-refractivity contribution in [2.45, 2.75) is 39.3 Å². The van der Waals surface area contributed by atoms with Crippen molar-refractivity contribution < 1.29 is 0 Å². The molecule has 1 rings (SSSR count). The third-order valence-corrected chi connectivity index (χ3v) is 3.42. The van der Waals surface area contributed by atoms with Gasteiger partial charge in [0.2, 0.25) is 0 Å². The first-order valence-corrected chi connectivity index (χ1v) is 6.16. The zero-order valence-corrected chi connectivity index (χ0v) is 10.7. The molecule has 0 bridgehead atoms. The molecule has 2 nitrogen and oxygen atoms in total. The molecule has 2 N–H and O–H groups in total. The molecule has 1 aromatic carbocycles. The Hall–Kier alpha value is -0.860. The molecule has 0 spiro atoms. The summed E-state index contributed by atoms with van der Waals surface area (Å²) in [4.78, 5) is 2.41. The largest absolute Gasteiger partial charge is 0.326 e. The van der Waals surface area contributed by atoms with Crippen LogP contribution in [0.1, 0.15) is 31.4 Å². The second-order valence-electron chi connectivity index (χ2n) is 4.46. The highest BCUT2D eigenvalue weighted by Crippen LogP contribution is 2.10. The molecule has 0 aromatic heterocycles. The predicted molar refractivity (Wildman–Crippen MR) is 70.4 cm³/mol. The van der Waals surface area contributed by atoms with Crippen LogP contribution < -0.4 is 5.73 Å². The smallest absolute Gasteiger partial charge is 0.0180 e. The Labute approximate surface area is 99.5 Å². The van der Waals surface area contributed by atoms with Crippen LogP contribution in [-0.4, -0.2) is 24.5 Å². The van der Waals surface area contributed by atoms with Crippen LogP contribution in [0.3, 0.4) is 0 Å². The maximum absolute atomic E-state index is 5.73. The first-order valence-electron chi connectivity index (χ1n) is 6.16. The Kier molecular flexibility index (Phi) is 5.50. The molecule has 1 aromatic rings. The molecular formula is C14H24N2. The number of rotatable bonds is 6. The van der Waals surface area contributed by atoms with Gasteiger partial charge in [0.1, 0.15) is 0 Å². The lowest BCUT2D eigenvalue weighted by Gasteiger charge is -2.23. The van der Waals surface area contributed by atoms with Gasteiger partial charge in [-0.25, -0.2) is 0 Å². The molecule has 0 aliphatic heterocycles. The summed E-state index contributed by atoms with van der Waals surface area (Å²) < 4.78 is 0. The molecule has 0 saturated heterocycles. The Morgan fingerprint density at radius 3 is 2.44 bits per heavy atom. The fraction of sp³-hybridized carbons (Fsp3) is 0.571. The lowest BCUT2D eigenvalue weighted by Crippen LogP contribution is -2.30. The maximum Gasteiger partial charge on any atom is 0.0180 e. The second-order valence-corrected chi connectivity index (χ2v) is 4.46. The third kappa shape index (κ3) is 3.62. The molecule has 0 aliphatic rings. The molecule has 2 heteroatoms. The molecule has 1 unspecified atom stereocenters. The Balaban J connectivity index is 2.54. The van der Waals surface area contributed by atoms with Gasteiger partial charge in [0.05, 0.1) is 0 Å². The van der Waals surface area contributed by atoms with Gasteiger partial charge in [0.15, 0.2) is 0 Å². The van der Waals surface area contributed by atoms with E-state index in [1.165, 1.54) is 17.5 Å². The van der Waals surface area contributed by atoms with Gasteiger partial charge < -0.3 is 10.6 Å². The van der Waals surface area contributed by atoms with Crippen molar-refractivity contribution in [2.24, 2.45) is 5.73 Å². The van der Waals surface area contributed by atoms with Gasteiger partial charge in [-0.1, -0.05) is 31.2 Å². The van der Waals surface area contributed by atoms with E-state index in [0.29, 0.717) is 12.6 Å². The number of hydrogen-bond donors (Lipinski definition) is 1. The van der Waals surface area contributed by atoms with Crippen LogP contribution in [0, 0.1) is 0 Å². The number of hydrogen-bond acceptors (Lipinski definition) is 2. The van der Waals surface area contributed by atoms with Crippen molar-refractivity contribution in [1.29, 1.82) is 0 Å². The van der Waals surface area contributed by atoms with E-state index >= 15 is 0 Å². The molecule has 90 valence electrons. The summed E-state index contributed by atoms with van der Waals surface area (Å²) >= 11 is 0. The minimum Gasteiger partial charge on any atom is -0.326 e. The van der Waals surface area contributed by atoms with Crippen LogP contribution >= 0.6 is 0 Å². The molecule has 0 fully saturated rings. The van der Waals surface area contributed by atoms with E-state index in [1.54, 1.807) is 0 Å². The first kappa shape index (κ1) is 13.2. The predicted octanol–water partition coefficient (Wildman–Crippen LogP) is 2.42. The van der Waals surface area contributed by atoms with Crippen LogP contribution in [0.4, 0.5) is 0 Å². The topological polar surface area (TPSA) is 29.3 Å². The fourth-order valence-electron chi connectivity index (χ4n) is 1.83. The first-order chi connectivity index (χ1) is 7.69. The fourth-order valence-corrected chi connectivity index (χ4v) is 1.83. The van der Waals surface area contributed by atoms with E-state index in [2.05, 4.69) is 50.1 Å². The molecule has 1 atom stereocenters. The number of benzene rings is 1. The summed E-state index contributed by atoms with van der Waals surface area (Å²) in [5.41, 5.74) is 8.40. The molecule has 16 heavy (non-hydrogen) atoms. The Morgan fingerprint density at radius 2 is 1.88 bits per heavy atom. The zero-order valence-electron chi connectivity index (χ0n) is 10.7. The van der Waals surface area contributed by atoms with Crippen LogP contribution in [0.25, 0.3) is 0 Å². The maximum atomic E-state index is 5.73. The standard InChI is InChI=1S/C14H24N2/c1-4-12(2)16(3)10-9-13-7-5-6-8-14(13)11-15/h5-8,12H,4,9-11,15H2,1-3H3. The molecule has 0 saturated carbocycles. The van der Waals surface area contributed by atoms with Gasteiger partial charge in [-0.05, 0) is 37.9 Å². The van der Waals surface area contributed by atoms with Crippen molar-refractivity contribution in [1.82, 2.24) is 4.90 Å². The van der Waals surface area contributed by atoms with Crippen LogP contribution in [0.5, 0.6) is 0 Å². The summed E-state index contributed by atoms with van der Waals surface area (Å²) in [5, 5.41) is 0. The van der Waals surface area contributed by atoms with E-state index in [-0.39, 0.29) is 0 Å². The highest BCUT2D eigenvalue weighted by atomic mass is 15.1. The van der Waals surface area contributed by atoms with Crippen molar-refractivity contribution in [2.75, 3.05) is 13.6 Å². The minimum atomic E-state index is 0.642. The average Bonchev–Trinajstić information content (AvgIpc) is 2.35. The number of nitrogens with zero attached hydrogens (tertiary/aromatic N) is 1. The van der Waals surface area contributed by atoms with Crippen molar-refractivity contribution in [3.63, 3.8) is 0 Å². The lowest BCUT2D eigenvalue weighted by molar-refractivity contribution is 0.255. The SMILES string of the molecule is CCC(C)N(C)CCc1ccccc1CN. The van der Waals surface area contributed by atoms with Gasteiger partial charge >= 0.3 is 0 Å². The van der Waals surface area contributed by atoms with E-state index in [1.807, 2.05) is 0 Å². The van der Waals surface area contributed by atoms with Crippen molar-refractivity contribution >= 4 is 0 Å². The third-order valence-electron chi connectivity index (χ3n) is 3.42. The average molecular weight is 220 g/mol. The highest BCUT2D eigenvalue weighted by molar-refractivity contribution is 5.27. The number of likely N-dealkylation sites (N-methyl/N-ethyl adjacent to an activating group) is 1. The molecule has 0 heterocycles. The Morgan fingerprint density at radius 1 is 1.25 bits per heavy atom. The van der Waals surface area contributed by atoms with E-state index in [9.17, 15) is 0 Å². The molecule has 0 amide bonds.